The van der Waals surface area contributed by atoms with E-state index in [0.717, 1.165) is 31.9 Å². The van der Waals surface area contributed by atoms with Gasteiger partial charge >= 0.3 is 0 Å². The molecule has 0 saturated carbocycles. The molecule has 1 heterocycles. The number of para-hydroxylation sites is 1. The van der Waals surface area contributed by atoms with Crippen molar-refractivity contribution >= 4 is 17.3 Å². The first-order chi connectivity index (χ1) is 12.6. The number of phenolic OH excluding ortho intramolecular Hbond substituents is 1. The maximum atomic E-state index is 12.6. The van der Waals surface area contributed by atoms with Crippen LogP contribution >= 0.6 is 0 Å². The van der Waals surface area contributed by atoms with Crippen molar-refractivity contribution in [1.82, 2.24) is 4.90 Å². The number of anilines is 2. The normalized spacial score (nSPS) is 15.9. The lowest BCUT2D eigenvalue weighted by atomic mass is 10.1. The summed E-state index contributed by atoms with van der Waals surface area (Å²) in [6.07, 6.45) is 0. The number of nitrogens with zero attached hydrogens (tertiary/aromatic N) is 3. The Labute approximate surface area is 153 Å². The molecule has 0 radical (unpaired) electrons. The third-order valence-electron chi connectivity index (χ3n) is 4.76. The summed E-state index contributed by atoms with van der Waals surface area (Å²) in [5, 5.41) is 21.4. The summed E-state index contributed by atoms with van der Waals surface area (Å²) in [5.74, 6) is 0.154. The number of nitrogens with one attached hydrogen (secondary N) is 1. The number of piperazine rings is 1. The molecule has 0 aliphatic carbocycles. The molecule has 134 valence electrons. The van der Waals surface area contributed by atoms with Crippen molar-refractivity contribution in [2.24, 2.45) is 0 Å². The minimum absolute atomic E-state index is 0.106. The molecule has 2 aromatic rings. The Balaban J connectivity index is 1.57. The molecule has 1 unspecified atom stereocenters. The van der Waals surface area contributed by atoms with Crippen LogP contribution in [0.25, 0.3) is 0 Å². The molecule has 26 heavy (non-hydrogen) atoms. The fourth-order valence-corrected chi connectivity index (χ4v) is 3.12. The summed E-state index contributed by atoms with van der Waals surface area (Å²) < 4.78 is 0. The molecule has 1 atom stereocenters. The van der Waals surface area contributed by atoms with E-state index in [1.165, 1.54) is 0 Å². The topological polar surface area (TPSA) is 79.6 Å². The number of phenols is 1. The Morgan fingerprint density at radius 2 is 1.77 bits per heavy atom. The highest BCUT2D eigenvalue weighted by molar-refractivity contribution is 5.95. The lowest BCUT2D eigenvalue weighted by molar-refractivity contribution is -0.120. The smallest absolute Gasteiger partial charge is 0.241 e. The van der Waals surface area contributed by atoms with Gasteiger partial charge in [-0.2, -0.15) is 5.26 Å². The maximum Gasteiger partial charge on any atom is 0.241 e. The third-order valence-corrected chi connectivity index (χ3v) is 4.76. The number of carbonyl (C=O) groups excluding carboxylic acids is 1. The lowest BCUT2D eigenvalue weighted by Crippen LogP contribution is -2.52. The van der Waals surface area contributed by atoms with E-state index < -0.39 is 0 Å². The Morgan fingerprint density at radius 1 is 1.12 bits per heavy atom. The van der Waals surface area contributed by atoms with Crippen molar-refractivity contribution < 1.29 is 9.90 Å². The van der Waals surface area contributed by atoms with E-state index in [2.05, 4.69) is 21.2 Å². The van der Waals surface area contributed by atoms with E-state index in [9.17, 15) is 9.90 Å². The summed E-state index contributed by atoms with van der Waals surface area (Å²) >= 11 is 0. The van der Waals surface area contributed by atoms with Gasteiger partial charge in [0.2, 0.25) is 5.91 Å². The first-order valence-electron chi connectivity index (χ1n) is 8.66. The molecule has 1 saturated heterocycles. The molecule has 1 aliphatic rings. The van der Waals surface area contributed by atoms with Gasteiger partial charge in [-0.15, -0.1) is 0 Å². The van der Waals surface area contributed by atoms with Crippen molar-refractivity contribution in [2.75, 3.05) is 36.4 Å². The number of hydrogen-bond acceptors (Lipinski definition) is 5. The first-order valence-corrected chi connectivity index (χ1v) is 8.66. The Kier molecular flexibility index (Phi) is 5.40. The van der Waals surface area contributed by atoms with Crippen LogP contribution < -0.4 is 10.2 Å². The monoisotopic (exact) mass is 350 g/mol. The van der Waals surface area contributed by atoms with E-state index in [1.807, 2.05) is 19.1 Å². The Hall–Kier alpha value is -3.04. The van der Waals surface area contributed by atoms with Crippen LogP contribution in [0.1, 0.15) is 12.5 Å². The second-order valence-electron chi connectivity index (χ2n) is 6.36. The van der Waals surface area contributed by atoms with Gasteiger partial charge in [-0.1, -0.05) is 12.1 Å². The zero-order valence-electron chi connectivity index (χ0n) is 14.7. The molecule has 1 fully saturated rings. The predicted molar refractivity (Wildman–Crippen MR) is 101 cm³/mol. The zero-order valence-corrected chi connectivity index (χ0v) is 14.7. The standard InChI is InChI=1S/C20H22N4O2/c1-15(20(26)22-19-5-3-2-4-16(19)14-21)23-10-12-24(13-11-23)17-6-8-18(25)9-7-17/h2-9,15,25H,10-13H2,1H3,(H,22,26). The van der Waals surface area contributed by atoms with Crippen molar-refractivity contribution in [3.05, 3.63) is 54.1 Å². The fraction of sp³-hybridized carbons (Fsp3) is 0.300. The average Bonchev–Trinajstić information content (AvgIpc) is 2.68. The van der Waals surface area contributed by atoms with Crippen molar-refractivity contribution in [3.63, 3.8) is 0 Å². The van der Waals surface area contributed by atoms with E-state index >= 15 is 0 Å². The van der Waals surface area contributed by atoms with Gasteiger partial charge in [-0.3, -0.25) is 9.69 Å². The van der Waals surface area contributed by atoms with Gasteiger partial charge < -0.3 is 15.3 Å². The van der Waals surface area contributed by atoms with E-state index in [4.69, 9.17) is 5.26 Å². The molecule has 0 spiro atoms. The molecule has 1 amide bonds. The number of rotatable bonds is 4. The van der Waals surface area contributed by atoms with Crippen LogP contribution in [0.4, 0.5) is 11.4 Å². The molecule has 6 heteroatoms. The minimum Gasteiger partial charge on any atom is -0.508 e. The number of nitriles is 1. The quantitative estimate of drug-likeness (QED) is 0.885. The molecular formula is C20H22N4O2. The van der Waals surface area contributed by atoms with Gasteiger partial charge in [0.1, 0.15) is 11.8 Å². The van der Waals surface area contributed by atoms with Crippen LogP contribution in [0.5, 0.6) is 5.75 Å². The van der Waals surface area contributed by atoms with Crippen molar-refractivity contribution in [1.29, 1.82) is 5.26 Å². The molecule has 6 nitrogen and oxygen atoms in total. The highest BCUT2D eigenvalue weighted by Crippen LogP contribution is 2.21. The molecule has 0 aromatic heterocycles. The molecule has 0 bridgehead atoms. The van der Waals surface area contributed by atoms with Gasteiger partial charge in [0.25, 0.3) is 0 Å². The van der Waals surface area contributed by atoms with Crippen LogP contribution in [-0.4, -0.2) is 48.1 Å². The highest BCUT2D eigenvalue weighted by Gasteiger charge is 2.26. The second kappa shape index (κ2) is 7.89. The van der Waals surface area contributed by atoms with Gasteiger partial charge in [0.15, 0.2) is 0 Å². The van der Waals surface area contributed by atoms with Gasteiger partial charge in [-0.05, 0) is 43.3 Å². The van der Waals surface area contributed by atoms with E-state index in [-0.39, 0.29) is 17.7 Å². The Bertz CT molecular complexity index is 805. The van der Waals surface area contributed by atoms with Crippen LogP contribution in [0.3, 0.4) is 0 Å². The molecule has 3 rings (SSSR count). The number of amides is 1. The summed E-state index contributed by atoms with van der Waals surface area (Å²) in [5.41, 5.74) is 2.09. The minimum atomic E-state index is -0.274. The lowest BCUT2D eigenvalue weighted by Gasteiger charge is -2.38. The number of hydrogen-bond donors (Lipinski definition) is 2. The summed E-state index contributed by atoms with van der Waals surface area (Å²) in [6, 6.07) is 16.0. The molecule has 1 aliphatic heterocycles. The number of carbonyl (C=O) groups is 1. The summed E-state index contributed by atoms with van der Waals surface area (Å²) in [7, 11) is 0. The fourth-order valence-electron chi connectivity index (χ4n) is 3.12. The largest absolute Gasteiger partial charge is 0.508 e. The van der Waals surface area contributed by atoms with Crippen LogP contribution in [0.2, 0.25) is 0 Å². The van der Waals surface area contributed by atoms with Gasteiger partial charge in [0, 0.05) is 31.9 Å². The van der Waals surface area contributed by atoms with Gasteiger partial charge in [0.05, 0.1) is 17.3 Å². The molecule has 2 N–H and O–H groups in total. The molecule has 2 aromatic carbocycles. The van der Waals surface area contributed by atoms with E-state index in [1.54, 1.807) is 36.4 Å². The third kappa shape index (κ3) is 3.95. The number of benzene rings is 2. The zero-order chi connectivity index (χ0) is 18.5. The van der Waals surface area contributed by atoms with E-state index in [0.29, 0.717) is 11.3 Å². The second-order valence-corrected chi connectivity index (χ2v) is 6.36. The predicted octanol–water partition coefficient (Wildman–Crippen LogP) is 2.41. The van der Waals surface area contributed by atoms with Crippen LogP contribution in [0.15, 0.2) is 48.5 Å². The van der Waals surface area contributed by atoms with Crippen LogP contribution in [0, 0.1) is 11.3 Å². The highest BCUT2D eigenvalue weighted by atomic mass is 16.3. The van der Waals surface area contributed by atoms with Crippen molar-refractivity contribution in [2.45, 2.75) is 13.0 Å². The Morgan fingerprint density at radius 3 is 2.42 bits per heavy atom. The van der Waals surface area contributed by atoms with Crippen molar-refractivity contribution in [3.8, 4) is 11.8 Å². The van der Waals surface area contributed by atoms with Gasteiger partial charge in [-0.25, -0.2) is 0 Å². The first kappa shape index (κ1) is 17.8. The number of aromatic hydroxyl groups is 1. The van der Waals surface area contributed by atoms with Crippen LogP contribution in [-0.2, 0) is 4.79 Å². The maximum absolute atomic E-state index is 12.6. The summed E-state index contributed by atoms with van der Waals surface area (Å²) in [6.45, 7) is 5.07. The SMILES string of the molecule is CC(C(=O)Nc1ccccc1C#N)N1CCN(c2ccc(O)cc2)CC1. The molecular weight excluding hydrogens is 328 g/mol. The summed E-state index contributed by atoms with van der Waals surface area (Å²) in [4.78, 5) is 16.9. The average molecular weight is 350 g/mol.